The quantitative estimate of drug-likeness (QED) is 0.299. The molecule has 1 spiro atoms. The number of ether oxygens (including phenoxy) is 3. The van der Waals surface area contributed by atoms with E-state index in [0.29, 0.717) is 44.6 Å². The predicted molar refractivity (Wildman–Crippen MR) is 170 cm³/mol. The summed E-state index contributed by atoms with van der Waals surface area (Å²) < 4.78 is 16.9. The fourth-order valence-corrected chi connectivity index (χ4v) is 6.78. The topological polar surface area (TPSA) is 88.6 Å². The zero-order chi connectivity index (χ0) is 31.4. The van der Waals surface area contributed by atoms with Gasteiger partial charge in [-0.2, -0.15) is 0 Å². The molecule has 3 aromatic rings. The first-order chi connectivity index (χ1) is 21.9. The molecule has 0 bridgehead atoms. The molecule has 3 saturated heterocycles. The lowest BCUT2D eigenvalue weighted by atomic mass is 9.88. The van der Waals surface area contributed by atoms with Crippen LogP contribution in [-0.4, -0.2) is 85.0 Å². The number of hydrogen-bond donors (Lipinski definition) is 0. The molecule has 2 amide bonds. The number of hydrogen-bond acceptors (Lipinski definition) is 7. The van der Waals surface area contributed by atoms with Gasteiger partial charge in [0.25, 0.3) is 5.91 Å². The van der Waals surface area contributed by atoms with Crippen LogP contribution >= 0.6 is 0 Å². The number of nitrogens with zero attached hydrogens (tertiary/aromatic N) is 3. The summed E-state index contributed by atoms with van der Waals surface area (Å²) in [7, 11) is 3.34. The molecular formula is C36H41N3O6. The SMILES string of the molecule is COc1ccc(OC)c(CN2CCC3(CC2)CN(Cc2ccc(C(=O)N4CCC(C(=O)c5ccccc5)CC4)cc2)C(=O)O3)c1. The minimum absolute atomic E-state index is 0.0231. The van der Waals surface area contributed by atoms with Crippen molar-refractivity contribution in [1.29, 1.82) is 0 Å². The van der Waals surface area contributed by atoms with Crippen molar-refractivity contribution in [3.8, 4) is 11.5 Å². The van der Waals surface area contributed by atoms with Crippen LogP contribution in [0.15, 0.2) is 72.8 Å². The van der Waals surface area contributed by atoms with Crippen LogP contribution in [0.1, 0.15) is 57.5 Å². The molecule has 3 aliphatic rings. The number of carbonyl (C=O) groups is 3. The first-order valence-electron chi connectivity index (χ1n) is 15.7. The van der Waals surface area contributed by atoms with Crippen molar-refractivity contribution in [1.82, 2.24) is 14.7 Å². The molecule has 9 heteroatoms. The molecule has 9 nitrogen and oxygen atoms in total. The van der Waals surface area contributed by atoms with E-state index in [4.69, 9.17) is 14.2 Å². The zero-order valence-electron chi connectivity index (χ0n) is 26.1. The van der Waals surface area contributed by atoms with Crippen molar-refractivity contribution in [2.45, 2.75) is 44.4 Å². The van der Waals surface area contributed by atoms with Crippen LogP contribution in [0.3, 0.4) is 0 Å². The monoisotopic (exact) mass is 611 g/mol. The third-order valence-electron chi connectivity index (χ3n) is 9.48. The highest BCUT2D eigenvalue weighted by Gasteiger charge is 2.46. The number of amides is 2. The average molecular weight is 612 g/mol. The predicted octanol–water partition coefficient (Wildman–Crippen LogP) is 5.43. The summed E-state index contributed by atoms with van der Waals surface area (Å²) in [5, 5.41) is 0. The Bertz CT molecular complexity index is 1510. The number of Topliss-reactive ketones (excluding diaryl/α,β-unsaturated/α-hetero) is 1. The van der Waals surface area contributed by atoms with Crippen molar-refractivity contribution in [2.75, 3.05) is 46.9 Å². The summed E-state index contributed by atoms with van der Waals surface area (Å²) >= 11 is 0. The van der Waals surface area contributed by atoms with E-state index < -0.39 is 5.60 Å². The summed E-state index contributed by atoms with van der Waals surface area (Å²) in [4.78, 5) is 44.9. The number of rotatable bonds is 9. The molecule has 3 aromatic carbocycles. The second kappa shape index (κ2) is 13.3. The Morgan fingerprint density at radius 2 is 1.56 bits per heavy atom. The van der Waals surface area contributed by atoms with Gasteiger partial charge in [0.05, 0.1) is 20.8 Å². The fourth-order valence-electron chi connectivity index (χ4n) is 6.78. The second-order valence-electron chi connectivity index (χ2n) is 12.4. The highest BCUT2D eigenvalue weighted by atomic mass is 16.6. The maximum atomic E-state index is 13.2. The normalized spacial score (nSPS) is 18.6. The Balaban J connectivity index is 0.989. The number of benzene rings is 3. The molecule has 0 radical (unpaired) electrons. The zero-order valence-corrected chi connectivity index (χ0v) is 26.1. The summed E-state index contributed by atoms with van der Waals surface area (Å²) in [6.07, 6.45) is 2.59. The Labute approximate surface area is 264 Å². The largest absolute Gasteiger partial charge is 0.497 e. The molecule has 3 heterocycles. The molecule has 236 valence electrons. The number of carbonyl (C=O) groups excluding carboxylic acids is 3. The molecule has 3 aliphatic heterocycles. The van der Waals surface area contributed by atoms with Crippen molar-refractivity contribution in [3.63, 3.8) is 0 Å². The van der Waals surface area contributed by atoms with Crippen molar-refractivity contribution in [3.05, 3.63) is 95.1 Å². The van der Waals surface area contributed by atoms with Crippen LogP contribution in [-0.2, 0) is 17.8 Å². The third kappa shape index (κ3) is 6.83. The second-order valence-corrected chi connectivity index (χ2v) is 12.4. The molecule has 0 aliphatic carbocycles. The van der Waals surface area contributed by atoms with Gasteiger partial charge < -0.3 is 19.1 Å². The van der Waals surface area contributed by atoms with Gasteiger partial charge in [-0.15, -0.1) is 0 Å². The molecule has 3 fully saturated rings. The van der Waals surface area contributed by atoms with Crippen LogP contribution in [0.5, 0.6) is 11.5 Å². The van der Waals surface area contributed by atoms with E-state index in [1.165, 1.54) is 0 Å². The molecule has 0 aromatic heterocycles. The van der Waals surface area contributed by atoms with Gasteiger partial charge in [0.2, 0.25) is 0 Å². The van der Waals surface area contributed by atoms with Gasteiger partial charge >= 0.3 is 6.09 Å². The minimum atomic E-state index is -0.476. The molecule has 0 unspecified atom stereocenters. The van der Waals surface area contributed by atoms with Gasteiger partial charge in [0, 0.05) is 74.7 Å². The van der Waals surface area contributed by atoms with Crippen LogP contribution in [0, 0.1) is 5.92 Å². The van der Waals surface area contributed by atoms with E-state index in [0.717, 1.165) is 60.7 Å². The van der Waals surface area contributed by atoms with E-state index in [-0.39, 0.29) is 23.7 Å². The lowest BCUT2D eigenvalue weighted by Gasteiger charge is -2.37. The van der Waals surface area contributed by atoms with E-state index >= 15 is 0 Å². The molecular weight excluding hydrogens is 570 g/mol. The standard InChI is InChI=1S/C36H41N3O6/c1-43-31-12-13-32(44-2)30(22-31)24-37-20-16-36(17-21-37)25-39(35(42)45-36)23-26-8-10-29(11-9-26)34(41)38-18-14-28(15-19-38)33(40)27-6-4-3-5-7-27/h3-13,22,28H,14-21,23-25H2,1-2H3. The lowest BCUT2D eigenvalue weighted by molar-refractivity contribution is -0.00139. The van der Waals surface area contributed by atoms with Crippen LogP contribution in [0.25, 0.3) is 0 Å². The van der Waals surface area contributed by atoms with Crippen molar-refractivity contribution >= 4 is 17.8 Å². The fraction of sp³-hybridized carbons (Fsp3) is 0.417. The van der Waals surface area contributed by atoms with Gasteiger partial charge in [0.1, 0.15) is 17.1 Å². The summed E-state index contributed by atoms with van der Waals surface area (Å²) in [5.74, 6) is 1.72. The molecule has 0 atom stereocenters. The smallest absolute Gasteiger partial charge is 0.410 e. The number of piperidine rings is 2. The highest BCUT2D eigenvalue weighted by molar-refractivity contribution is 5.98. The highest BCUT2D eigenvalue weighted by Crippen LogP contribution is 2.35. The van der Waals surface area contributed by atoms with Crippen molar-refractivity contribution < 1.29 is 28.6 Å². The maximum absolute atomic E-state index is 13.2. The van der Waals surface area contributed by atoms with E-state index in [1.807, 2.05) is 77.7 Å². The average Bonchev–Trinajstić information content (AvgIpc) is 3.39. The van der Waals surface area contributed by atoms with E-state index in [1.54, 1.807) is 19.1 Å². The Hall–Kier alpha value is -4.37. The number of methoxy groups -OCH3 is 2. The summed E-state index contributed by atoms with van der Waals surface area (Å²) in [6.45, 7) is 4.49. The molecule has 6 rings (SSSR count). The van der Waals surface area contributed by atoms with E-state index in [2.05, 4.69) is 4.90 Å². The molecule has 0 saturated carbocycles. The molecule has 0 N–H and O–H groups in total. The number of likely N-dealkylation sites (tertiary alicyclic amines) is 2. The van der Waals surface area contributed by atoms with Gasteiger partial charge in [0.15, 0.2) is 5.78 Å². The van der Waals surface area contributed by atoms with Gasteiger partial charge in [-0.25, -0.2) is 4.79 Å². The maximum Gasteiger partial charge on any atom is 0.410 e. The minimum Gasteiger partial charge on any atom is -0.497 e. The van der Waals surface area contributed by atoms with Gasteiger partial charge in [-0.05, 0) is 48.7 Å². The van der Waals surface area contributed by atoms with Gasteiger partial charge in [-0.1, -0.05) is 42.5 Å². The summed E-state index contributed by atoms with van der Waals surface area (Å²) in [5.41, 5.74) is 2.90. The molecule has 45 heavy (non-hydrogen) atoms. The van der Waals surface area contributed by atoms with E-state index in [9.17, 15) is 14.4 Å². The van der Waals surface area contributed by atoms with Crippen LogP contribution in [0.4, 0.5) is 4.79 Å². The summed E-state index contributed by atoms with van der Waals surface area (Å²) in [6, 6.07) is 22.7. The lowest BCUT2D eigenvalue weighted by Crippen LogP contribution is -2.46. The number of ketones is 1. The first-order valence-corrected chi connectivity index (χ1v) is 15.7. The van der Waals surface area contributed by atoms with Crippen LogP contribution in [0.2, 0.25) is 0 Å². The Morgan fingerprint density at radius 1 is 0.844 bits per heavy atom. The third-order valence-corrected chi connectivity index (χ3v) is 9.48. The van der Waals surface area contributed by atoms with Crippen LogP contribution < -0.4 is 9.47 Å². The Kier molecular flexibility index (Phi) is 9.07. The first kappa shape index (κ1) is 30.6. The van der Waals surface area contributed by atoms with Crippen molar-refractivity contribution in [2.24, 2.45) is 5.92 Å². The Morgan fingerprint density at radius 3 is 2.22 bits per heavy atom. The van der Waals surface area contributed by atoms with Gasteiger partial charge in [-0.3, -0.25) is 19.4 Å².